The lowest BCUT2D eigenvalue weighted by Gasteiger charge is -2.47. The molecule has 6 nitrogen and oxygen atoms in total. The van der Waals surface area contributed by atoms with Gasteiger partial charge in [0.15, 0.2) is 0 Å². The largest absolute Gasteiger partial charge is 0.477 e. The lowest BCUT2D eigenvalue weighted by Crippen LogP contribution is -2.68. The minimum Gasteiger partial charge on any atom is -0.477 e. The van der Waals surface area contributed by atoms with Crippen LogP contribution in [0.15, 0.2) is 23.5 Å². The number of carbonyl (C=O) groups is 2. The van der Waals surface area contributed by atoms with Crippen LogP contribution < -0.4 is 5.73 Å². The van der Waals surface area contributed by atoms with Crippen LogP contribution in [0, 0.1) is 6.92 Å². The number of hydrogen-bond donors (Lipinski definition) is 2. The number of amides is 1. The highest BCUT2D eigenvalue weighted by atomic mass is 32.2. The van der Waals surface area contributed by atoms with Gasteiger partial charge in [0, 0.05) is 16.8 Å². The quantitative estimate of drug-likeness (QED) is 0.807. The summed E-state index contributed by atoms with van der Waals surface area (Å²) in [5, 5.41) is 10.1. The van der Waals surface area contributed by atoms with Crippen LogP contribution in [0.1, 0.15) is 9.88 Å². The summed E-state index contributed by atoms with van der Waals surface area (Å²) in [6, 6.07) is -0.598. The van der Waals surface area contributed by atoms with Crippen molar-refractivity contribution in [1.82, 2.24) is 9.88 Å². The minimum absolute atomic E-state index is 0.0444. The Morgan fingerprint density at radius 1 is 1.57 bits per heavy atom. The Labute approximate surface area is 129 Å². The highest BCUT2D eigenvalue weighted by Crippen LogP contribution is 2.39. The molecule has 1 saturated heterocycles. The zero-order valence-electron chi connectivity index (χ0n) is 11.1. The number of carboxylic acids is 1. The fraction of sp³-hybridized carbons (Fsp3) is 0.308. The molecular formula is C13H13N3O3S2. The van der Waals surface area contributed by atoms with E-state index in [1.807, 2.05) is 13.0 Å². The van der Waals surface area contributed by atoms with E-state index < -0.39 is 12.0 Å². The van der Waals surface area contributed by atoms with Crippen molar-refractivity contribution in [2.24, 2.45) is 5.73 Å². The average Bonchev–Trinajstić information content (AvgIpc) is 2.88. The molecule has 21 heavy (non-hydrogen) atoms. The predicted molar refractivity (Wildman–Crippen MR) is 81.6 cm³/mol. The van der Waals surface area contributed by atoms with E-state index in [0.717, 1.165) is 9.88 Å². The Balaban J connectivity index is 1.93. The average molecular weight is 323 g/mol. The van der Waals surface area contributed by atoms with E-state index in [-0.39, 0.29) is 17.0 Å². The van der Waals surface area contributed by atoms with Crippen LogP contribution in [0.5, 0.6) is 0 Å². The molecule has 3 rings (SSSR count). The maximum atomic E-state index is 11.8. The number of nitrogens with two attached hydrogens (primary N) is 1. The van der Waals surface area contributed by atoms with Crippen LogP contribution in [-0.4, -0.2) is 44.0 Å². The number of β-lactam (4-membered cyclic amide) rings is 1. The van der Waals surface area contributed by atoms with Crippen molar-refractivity contribution in [3.8, 4) is 0 Å². The Hall–Kier alpha value is -1.64. The molecule has 0 spiro atoms. The summed E-state index contributed by atoms with van der Waals surface area (Å²) in [4.78, 5) is 29.7. The van der Waals surface area contributed by atoms with Gasteiger partial charge in [0.2, 0.25) is 5.91 Å². The minimum atomic E-state index is -1.10. The molecule has 0 aliphatic carbocycles. The number of thiazole rings is 1. The van der Waals surface area contributed by atoms with Crippen molar-refractivity contribution in [3.63, 3.8) is 0 Å². The fourth-order valence-corrected chi connectivity index (χ4v) is 4.26. The summed E-state index contributed by atoms with van der Waals surface area (Å²) in [6.07, 6.45) is 5.31. The molecule has 1 aromatic rings. The van der Waals surface area contributed by atoms with Crippen molar-refractivity contribution in [2.45, 2.75) is 18.3 Å². The van der Waals surface area contributed by atoms with Crippen LogP contribution in [0.2, 0.25) is 0 Å². The summed E-state index contributed by atoms with van der Waals surface area (Å²) in [7, 11) is 0. The van der Waals surface area contributed by atoms with Crippen molar-refractivity contribution in [3.05, 3.63) is 33.4 Å². The number of nitrogens with zero attached hydrogens (tertiary/aromatic N) is 2. The zero-order chi connectivity index (χ0) is 15.1. The number of allylic oxidation sites excluding steroid dienone is 1. The smallest absolute Gasteiger partial charge is 0.352 e. The molecular weight excluding hydrogens is 310 g/mol. The molecule has 1 aromatic heterocycles. The maximum Gasteiger partial charge on any atom is 0.352 e. The third kappa shape index (κ3) is 2.39. The lowest BCUT2D eigenvalue weighted by atomic mass is 10.0. The van der Waals surface area contributed by atoms with E-state index >= 15 is 0 Å². The van der Waals surface area contributed by atoms with Gasteiger partial charge in [-0.1, -0.05) is 6.08 Å². The normalized spacial score (nSPS) is 25.2. The molecule has 1 fully saturated rings. The van der Waals surface area contributed by atoms with E-state index in [1.54, 1.807) is 12.3 Å². The van der Waals surface area contributed by atoms with Crippen LogP contribution in [0.25, 0.3) is 6.08 Å². The molecule has 2 atom stereocenters. The molecule has 8 heteroatoms. The third-order valence-electron chi connectivity index (χ3n) is 3.33. The summed E-state index contributed by atoms with van der Waals surface area (Å²) in [5.41, 5.74) is 6.36. The Morgan fingerprint density at radius 2 is 2.33 bits per heavy atom. The molecule has 110 valence electrons. The summed E-state index contributed by atoms with van der Waals surface area (Å²) in [6.45, 7) is 1.91. The number of aryl methyl sites for hydroxylation is 1. The van der Waals surface area contributed by atoms with Crippen LogP contribution >= 0.6 is 23.1 Å². The van der Waals surface area contributed by atoms with E-state index in [0.29, 0.717) is 11.3 Å². The molecule has 0 aromatic carbocycles. The van der Waals surface area contributed by atoms with Gasteiger partial charge in [0.25, 0.3) is 0 Å². The van der Waals surface area contributed by atoms with Crippen LogP contribution in [0.3, 0.4) is 0 Å². The van der Waals surface area contributed by atoms with Gasteiger partial charge in [0.05, 0.1) is 5.01 Å². The number of fused-ring (bicyclic) bond motifs is 1. The first-order valence-electron chi connectivity index (χ1n) is 6.26. The van der Waals surface area contributed by atoms with Crippen molar-refractivity contribution >= 4 is 41.1 Å². The third-order valence-corrected chi connectivity index (χ3v) is 5.53. The number of carbonyl (C=O) groups excluding carboxylic acids is 1. The first kappa shape index (κ1) is 14.3. The number of hydrogen-bond acceptors (Lipinski definition) is 6. The van der Waals surface area contributed by atoms with Gasteiger partial charge in [-0.3, -0.25) is 9.69 Å². The van der Waals surface area contributed by atoms with Crippen LogP contribution in [0.4, 0.5) is 0 Å². The first-order chi connectivity index (χ1) is 9.99. The number of aromatic nitrogens is 1. The van der Waals surface area contributed by atoms with Gasteiger partial charge in [-0.25, -0.2) is 9.78 Å². The second-order valence-corrected chi connectivity index (χ2v) is 7.10. The van der Waals surface area contributed by atoms with E-state index in [9.17, 15) is 14.7 Å². The maximum absolute atomic E-state index is 11.8. The standard InChI is InChI=1S/C13H13N3O3S2/c1-6-15-4-8(21-6)3-2-7-5-20-12-9(14)11(17)16(12)10(7)13(18)19/h2-4,9,12H,5,14H2,1H3,(H,18,19)/t9?,12-/m0/s1. The van der Waals surface area contributed by atoms with Gasteiger partial charge < -0.3 is 10.8 Å². The van der Waals surface area contributed by atoms with Crippen molar-refractivity contribution in [2.75, 3.05) is 5.75 Å². The SMILES string of the molecule is Cc1ncc(C=CC2=C(C(=O)O)N3C(=O)C(N)[C@@H]3SC2)s1. The topological polar surface area (TPSA) is 96.5 Å². The molecule has 2 aliphatic heterocycles. The predicted octanol–water partition coefficient (Wildman–Crippen LogP) is 1.05. The highest BCUT2D eigenvalue weighted by Gasteiger charge is 2.51. The second-order valence-electron chi connectivity index (χ2n) is 4.73. The molecule has 3 N–H and O–H groups in total. The van der Waals surface area contributed by atoms with Gasteiger partial charge in [-0.15, -0.1) is 23.1 Å². The Bertz CT molecular complexity index is 680. The molecule has 0 bridgehead atoms. The number of thioether (sulfide) groups is 1. The fourth-order valence-electron chi connectivity index (χ4n) is 2.31. The van der Waals surface area contributed by atoms with Gasteiger partial charge >= 0.3 is 5.97 Å². The van der Waals surface area contributed by atoms with Gasteiger partial charge in [-0.2, -0.15) is 0 Å². The molecule has 1 amide bonds. The monoisotopic (exact) mass is 323 g/mol. The summed E-state index contributed by atoms with van der Waals surface area (Å²) in [5.74, 6) is -0.900. The first-order valence-corrected chi connectivity index (χ1v) is 8.13. The van der Waals surface area contributed by atoms with E-state index in [4.69, 9.17) is 5.73 Å². The summed E-state index contributed by atoms with van der Waals surface area (Å²) >= 11 is 3.02. The number of aliphatic carboxylic acids is 1. The molecule has 3 heterocycles. The van der Waals surface area contributed by atoms with Crippen molar-refractivity contribution < 1.29 is 14.7 Å². The molecule has 0 saturated carbocycles. The molecule has 0 radical (unpaired) electrons. The lowest BCUT2D eigenvalue weighted by molar-refractivity contribution is -0.147. The molecule has 2 aliphatic rings. The number of carboxylic acid groups (broad SMARTS) is 1. The Kier molecular flexibility index (Phi) is 3.60. The zero-order valence-corrected chi connectivity index (χ0v) is 12.8. The van der Waals surface area contributed by atoms with E-state index in [1.165, 1.54) is 28.0 Å². The van der Waals surface area contributed by atoms with Crippen LogP contribution in [-0.2, 0) is 9.59 Å². The second kappa shape index (κ2) is 5.28. The van der Waals surface area contributed by atoms with Gasteiger partial charge in [0.1, 0.15) is 17.1 Å². The van der Waals surface area contributed by atoms with E-state index in [2.05, 4.69) is 4.98 Å². The van der Waals surface area contributed by atoms with Crippen molar-refractivity contribution in [1.29, 1.82) is 0 Å². The molecule has 1 unspecified atom stereocenters. The van der Waals surface area contributed by atoms with Gasteiger partial charge in [-0.05, 0) is 18.6 Å². The Morgan fingerprint density at radius 3 is 2.95 bits per heavy atom. The summed E-state index contributed by atoms with van der Waals surface area (Å²) < 4.78 is 0. The highest BCUT2D eigenvalue weighted by molar-refractivity contribution is 8.00. The number of rotatable bonds is 3.